The standard InChI is InChI=1S/C10H9N3O4S3/c14-6-7(15)13-5(9(16)17)4(1-18-8(6)13)2-19-10-12-11-3-20-10/h3,6,8,14H,1-2H2,(H,16,17)/t6-,8-/m1/s1. The highest BCUT2D eigenvalue weighted by molar-refractivity contribution is 8.01. The SMILES string of the molecule is O=C(O)C1=C(CSc2nncs2)CS[C@@H]2[C@H](O)C(=O)N12. The number of hydrogen-bond donors (Lipinski definition) is 2. The molecular formula is C10H9N3O4S3. The summed E-state index contributed by atoms with van der Waals surface area (Å²) in [6.45, 7) is 0. The highest BCUT2D eigenvalue weighted by Crippen LogP contribution is 2.41. The van der Waals surface area contributed by atoms with Crippen LogP contribution in [-0.4, -0.2) is 60.2 Å². The number of β-lactam (4-membered cyclic amide) rings is 1. The van der Waals surface area contributed by atoms with Gasteiger partial charge in [0, 0.05) is 11.5 Å². The van der Waals surface area contributed by atoms with Crippen molar-refractivity contribution in [3.63, 3.8) is 0 Å². The van der Waals surface area contributed by atoms with Crippen LogP contribution in [0, 0.1) is 0 Å². The van der Waals surface area contributed by atoms with E-state index in [2.05, 4.69) is 10.2 Å². The molecule has 0 radical (unpaired) electrons. The van der Waals surface area contributed by atoms with Gasteiger partial charge in [-0.25, -0.2) is 4.79 Å². The number of rotatable bonds is 4. The monoisotopic (exact) mass is 331 g/mol. The van der Waals surface area contributed by atoms with Crippen LogP contribution in [0.5, 0.6) is 0 Å². The van der Waals surface area contributed by atoms with Crippen molar-refractivity contribution in [2.24, 2.45) is 0 Å². The quantitative estimate of drug-likeness (QED) is 0.597. The van der Waals surface area contributed by atoms with E-state index in [4.69, 9.17) is 0 Å². The molecule has 3 heterocycles. The van der Waals surface area contributed by atoms with Crippen LogP contribution in [0.4, 0.5) is 0 Å². The van der Waals surface area contributed by atoms with E-state index in [-0.39, 0.29) is 5.70 Å². The van der Waals surface area contributed by atoms with Gasteiger partial charge in [-0.3, -0.25) is 9.69 Å². The van der Waals surface area contributed by atoms with E-state index in [1.807, 2.05) is 0 Å². The van der Waals surface area contributed by atoms with Crippen LogP contribution in [0.15, 0.2) is 21.1 Å². The van der Waals surface area contributed by atoms with Crippen molar-refractivity contribution in [2.75, 3.05) is 11.5 Å². The van der Waals surface area contributed by atoms with E-state index in [0.717, 1.165) is 4.34 Å². The van der Waals surface area contributed by atoms with Gasteiger partial charge in [0.1, 0.15) is 16.6 Å². The Bertz CT molecular complexity index is 589. The molecule has 0 unspecified atom stereocenters. The molecule has 1 saturated heterocycles. The number of aliphatic hydroxyl groups is 1. The predicted octanol–water partition coefficient (Wildman–Crippen LogP) is 0.245. The molecule has 106 valence electrons. The van der Waals surface area contributed by atoms with Crippen molar-refractivity contribution >= 4 is 46.7 Å². The topological polar surface area (TPSA) is 104 Å². The molecule has 0 aromatic carbocycles. The van der Waals surface area contributed by atoms with Crippen LogP contribution in [0.2, 0.25) is 0 Å². The average Bonchev–Trinajstić information content (AvgIpc) is 2.96. The lowest BCUT2D eigenvalue weighted by atomic mass is 10.1. The first kappa shape index (κ1) is 13.9. The summed E-state index contributed by atoms with van der Waals surface area (Å²) in [7, 11) is 0. The zero-order valence-electron chi connectivity index (χ0n) is 9.92. The molecular weight excluding hydrogens is 322 g/mol. The van der Waals surface area contributed by atoms with Crippen LogP contribution >= 0.6 is 34.9 Å². The predicted molar refractivity (Wildman–Crippen MR) is 74.4 cm³/mol. The maximum atomic E-state index is 11.6. The van der Waals surface area contributed by atoms with Crippen molar-refractivity contribution < 1.29 is 19.8 Å². The molecule has 1 aromatic rings. The molecule has 3 rings (SSSR count). The van der Waals surface area contributed by atoms with Gasteiger partial charge in [-0.2, -0.15) is 0 Å². The van der Waals surface area contributed by atoms with Gasteiger partial charge in [0.25, 0.3) is 5.91 Å². The maximum absolute atomic E-state index is 11.6. The van der Waals surface area contributed by atoms with E-state index in [1.54, 1.807) is 5.51 Å². The third kappa shape index (κ3) is 2.22. The summed E-state index contributed by atoms with van der Waals surface area (Å²) in [5.74, 6) is -0.753. The Labute approximate surface area is 126 Å². The third-order valence-corrected chi connectivity index (χ3v) is 6.20. The Kier molecular flexibility index (Phi) is 3.71. The molecule has 0 aliphatic carbocycles. The lowest BCUT2D eigenvalue weighted by molar-refractivity contribution is -0.159. The van der Waals surface area contributed by atoms with Gasteiger partial charge in [0.05, 0.1) is 0 Å². The molecule has 2 atom stereocenters. The number of aliphatic hydroxyl groups excluding tert-OH is 1. The van der Waals surface area contributed by atoms with Crippen molar-refractivity contribution in [1.82, 2.24) is 15.1 Å². The Morgan fingerprint density at radius 2 is 2.40 bits per heavy atom. The second-order valence-electron chi connectivity index (χ2n) is 4.11. The number of amides is 1. The summed E-state index contributed by atoms with van der Waals surface area (Å²) in [6, 6.07) is 0. The van der Waals surface area contributed by atoms with Gasteiger partial charge in [0.2, 0.25) is 0 Å². The molecule has 20 heavy (non-hydrogen) atoms. The Morgan fingerprint density at radius 1 is 1.60 bits per heavy atom. The molecule has 0 bridgehead atoms. The van der Waals surface area contributed by atoms with Crippen LogP contribution < -0.4 is 0 Å². The van der Waals surface area contributed by atoms with Gasteiger partial charge < -0.3 is 10.2 Å². The number of aliphatic carboxylic acids is 1. The summed E-state index contributed by atoms with van der Waals surface area (Å²) >= 11 is 4.15. The van der Waals surface area contributed by atoms with E-state index in [9.17, 15) is 19.8 Å². The fraction of sp³-hybridized carbons (Fsp3) is 0.400. The summed E-state index contributed by atoms with van der Waals surface area (Å²) in [5, 5.41) is 26.0. The van der Waals surface area contributed by atoms with Crippen molar-refractivity contribution in [3.8, 4) is 0 Å². The molecule has 7 nitrogen and oxygen atoms in total. The molecule has 2 N–H and O–H groups in total. The number of aromatic nitrogens is 2. The Hall–Kier alpha value is -1.10. The zero-order valence-corrected chi connectivity index (χ0v) is 12.4. The lowest BCUT2D eigenvalue weighted by Gasteiger charge is -2.47. The van der Waals surface area contributed by atoms with Gasteiger partial charge in [0.15, 0.2) is 10.4 Å². The second kappa shape index (κ2) is 5.35. The number of carboxylic acids is 1. The van der Waals surface area contributed by atoms with E-state index < -0.39 is 23.4 Å². The Morgan fingerprint density at radius 3 is 3.05 bits per heavy atom. The van der Waals surface area contributed by atoms with Crippen molar-refractivity contribution in [1.29, 1.82) is 0 Å². The average molecular weight is 331 g/mol. The summed E-state index contributed by atoms with van der Waals surface area (Å²) in [6.07, 6.45) is -1.09. The molecule has 1 aromatic heterocycles. The van der Waals surface area contributed by atoms with E-state index in [0.29, 0.717) is 17.1 Å². The zero-order chi connectivity index (χ0) is 14.3. The van der Waals surface area contributed by atoms with Crippen LogP contribution in [-0.2, 0) is 9.59 Å². The minimum atomic E-state index is -1.14. The first-order valence-corrected chi connectivity index (χ1v) is 8.48. The fourth-order valence-corrected chi connectivity index (χ4v) is 4.91. The molecule has 0 spiro atoms. The number of hydrogen-bond acceptors (Lipinski definition) is 8. The normalized spacial score (nSPS) is 25.4. The van der Waals surface area contributed by atoms with Crippen molar-refractivity contribution in [3.05, 3.63) is 16.8 Å². The first-order valence-electron chi connectivity index (χ1n) is 5.56. The summed E-state index contributed by atoms with van der Waals surface area (Å²) < 4.78 is 0.754. The lowest BCUT2D eigenvalue weighted by Crippen LogP contribution is -2.64. The number of carboxylic acid groups (broad SMARTS) is 1. The Balaban J connectivity index is 1.82. The van der Waals surface area contributed by atoms with Crippen molar-refractivity contribution in [2.45, 2.75) is 15.8 Å². The van der Waals surface area contributed by atoms with Gasteiger partial charge in [-0.05, 0) is 5.57 Å². The molecule has 10 heteroatoms. The van der Waals surface area contributed by atoms with E-state index >= 15 is 0 Å². The maximum Gasteiger partial charge on any atom is 0.352 e. The molecule has 2 aliphatic rings. The highest BCUT2D eigenvalue weighted by Gasteiger charge is 2.52. The van der Waals surface area contributed by atoms with Gasteiger partial charge in [-0.1, -0.05) is 23.1 Å². The largest absolute Gasteiger partial charge is 0.477 e. The summed E-state index contributed by atoms with van der Waals surface area (Å²) in [5.41, 5.74) is 2.27. The van der Waals surface area contributed by atoms with E-state index in [1.165, 1.54) is 39.8 Å². The molecule has 1 amide bonds. The smallest absolute Gasteiger partial charge is 0.352 e. The number of nitrogens with zero attached hydrogens (tertiary/aromatic N) is 3. The molecule has 2 aliphatic heterocycles. The first-order chi connectivity index (χ1) is 9.59. The van der Waals surface area contributed by atoms with Crippen LogP contribution in [0.1, 0.15) is 0 Å². The fourth-order valence-electron chi connectivity index (χ4n) is 2.02. The highest BCUT2D eigenvalue weighted by atomic mass is 32.2. The number of fused-ring (bicyclic) bond motifs is 1. The molecule has 0 saturated carbocycles. The molecule has 1 fully saturated rings. The van der Waals surface area contributed by atoms with Crippen LogP contribution in [0.3, 0.4) is 0 Å². The number of carbonyl (C=O) groups is 2. The van der Waals surface area contributed by atoms with Crippen LogP contribution in [0.25, 0.3) is 0 Å². The second-order valence-corrected chi connectivity index (χ2v) is 7.27. The number of thioether (sulfide) groups is 2. The summed E-state index contributed by atoms with van der Waals surface area (Å²) in [4.78, 5) is 24.2. The third-order valence-electron chi connectivity index (χ3n) is 2.93. The minimum absolute atomic E-state index is 0.000986. The van der Waals surface area contributed by atoms with Gasteiger partial charge >= 0.3 is 5.97 Å². The minimum Gasteiger partial charge on any atom is -0.477 e. The number of carbonyl (C=O) groups excluding carboxylic acids is 1. The van der Waals surface area contributed by atoms with Gasteiger partial charge in [-0.15, -0.1) is 22.0 Å².